The number of piperidine rings is 1. The van der Waals surface area contributed by atoms with Gasteiger partial charge in [0.1, 0.15) is 17.5 Å². The second-order valence-electron chi connectivity index (χ2n) is 9.09. The molecule has 1 aliphatic rings. The fourth-order valence-corrected chi connectivity index (χ4v) is 3.76. The summed E-state index contributed by atoms with van der Waals surface area (Å²) in [6.07, 6.45) is 0.402. The summed E-state index contributed by atoms with van der Waals surface area (Å²) in [4.78, 5) is 14.1. The highest BCUT2D eigenvalue weighted by Crippen LogP contribution is 2.33. The number of rotatable bonds is 3. The molecule has 7 heteroatoms. The fraction of sp³-hybridized carbons (Fsp3) is 0.522. The zero-order valence-electron chi connectivity index (χ0n) is 18.3. The van der Waals surface area contributed by atoms with Crippen LogP contribution in [0.2, 0.25) is 0 Å². The molecule has 2 heterocycles. The summed E-state index contributed by atoms with van der Waals surface area (Å²) < 4.78 is 5.47. The summed E-state index contributed by atoms with van der Waals surface area (Å²) in [6, 6.07) is 7.22. The average Bonchev–Trinajstić information content (AvgIpc) is 2.67. The van der Waals surface area contributed by atoms with E-state index in [0.717, 1.165) is 24.0 Å². The van der Waals surface area contributed by atoms with Crippen molar-refractivity contribution >= 4 is 6.09 Å². The molecular weight excluding hydrogens is 382 g/mol. The van der Waals surface area contributed by atoms with E-state index < -0.39 is 11.7 Å². The first kappa shape index (κ1) is 22.0. The van der Waals surface area contributed by atoms with Gasteiger partial charge in [-0.2, -0.15) is 5.10 Å². The number of phenolic OH excluding ortho intramolecular Hbond substituents is 1. The minimum atomic E-state index is -0.831. The highest BCUT2D eigenvalue weighted by molar-refractivity contribution is 5.70. The molecule has 1 amide bonds. The van der Waals surface area contributed by atoms with Gasteiger partial charge in [-0.15, -0.1) is 5.10 Å². The molecule has 1 aromatic carbocycles. The lowest BCUT2D eigenvalue weighted by Gasteiger charge is -2.35. The van der Waals surface area contributed by atoms with E-state index in [-0.39, 0.29) is 17.8 Å². The van der Waals surface area contributed by atoms with E-state index in [1.54, 1.807) is 17.0 Å². The van der Waals surface area contributed by atoms with Gasteiger partial charge in [0.25, 0.3) is 0 Å². The summed E-state index contributed by atoms with van der Waals surface area (Å²) in [5.74, 6) is 0.0135. The maximum Gasteiger partial charge on any atom is 0.410 e. The molecule has 2 N–H and O–H groups in total. The Kier molecular flexibility index (Phi) is 6.31. The molecule has 1 fully saturated rings. The molecule has 1 saturated heterocycles. The van der Waals surface area contributed by atoms with Gasteiger partial charge in [0.05, 0.1) is 11.4 Å². The SMILES string of the molecule is Cc1ccc(-c2nnc([C@@H](O)[C@H]3CCCN(C(=O)OC(C)(C)C)C3)cc2C)c(O)c1. The van der Waals surface area contributed by atoms with E-state index in [9.17, 15) is 15.0 Å². The van der Waals surface area contributed by atoms with Crippen LogP contribution in [0.5, 0.6) is 5.75 Å². The van der Waals surface area contributed by atoms with Gasteiger partial charge in [-0.25, -0.2) is 4.79 Å². The molecule has 0 saturated carbocycles. The fourth-order valence-electron chi connectivity index (χ4n) is 3.76. The van der Waals surface area contributed by atoms with Gasteiger partial charge in [-0.05, 0) is 76.8 Å². The summed E-state index contributed by atoms with van der Waals surface area (Å²) in [6.45, 7) is 10.3. The molecule has 1 aliphatic heterocycles. The zero-order chi connectivity index (χ0) is 22.1. The number of hydrogen-bond acceptors (Lipinski definition) is 6. The van der Waals surface area contributed by atoms with Crippen LogP contribution in [0.15, 0.2) is 24.3 Å². The Bertz CT molecular complexity index is 923. The van der Waals surface area contributed by atoms with Crippen LogP contribution >= 0.6 is 0 Å². The zero-order valence-corrected chi connectivity index (χ0v) is 18.3. The Balaban J connectivity index is 1.76. The van der Waals surface area contributed by atoms with Gasteiger partial charge in [0.2, 0.25) is 0 Å². The lowest BCUT2D eigenvalue weighted by molar-refractivity contribution is 0.00159. The maximum absolute atomic E-state index is 12.4. The quantitative estimate of drug-likeness (QED) is 0.785. The third kappa shape index (κ3) is 5.08. The minimum absolute atomic E-state index is 0.140. The number of aliphatic hydroxyl groups excluding tert-OH is 1. The predicted octanol–water partition coefficient (Wildman–Crippen LogP) is 4.15. The first-order valence-electron chi connectivity index (χ1n) is 10.4. The molecule has 7 nitrogen and oxygen atoms in total. The Labute approximate surface area is 177 Å². The van der Waals surface area contributed by atoms with Crippen LogP contribution in [0.25, 0.3) is 11.3 Å². The van der Waals surface area contributed by atoms with Gasteiger partial charge in [-0.1, -0.05) is 6.07 Å². The van der Waals surface area contributed by atoms with Gasteiger partial charge in [0.15, 0.2) is 0 Å². The number of carbonyl (C=O) groups excluding carboxylic acids is 1. The molecular formula is C23H31N3O4. The number of amides is 1. The van der Waals surface area contributed by atoms with Crippen molar-refractivity contribution in [2.75, 3.05) is 13.1 Å². The number of aryl methyl sites for hydroxylation is 2. The topological polar surface area (TPSA) is 95.8 Å². The van der Waals surface area contributed by atoms with Crippen molar-refractivity contribution < 1.29 is 19.7 Å². The highest BCUT2D eigenvalue weighted by atomic mass is 16.6. The van der Waals surface area contributed by atoms with Gasteiger partial charge < -0.3 is 19.8 Å². The summed E-state index contributed by atoms with van der Waals surface area (Å²) in [7, 11) is 0. The highest BCUT2D eigenvalue weighted by Gasteiger charge is 2.32. The molecule has 30 heavy (non-hydrogen) atoms. The van der Waals surface area contributed by atoms with Gasteiger partial charge >= 0.3 is 6.09 Å². The molecule has 0 spiro atoms. The van der Waals surface area contributed by atoms with Crippen LogP contribution in [-0.4, -0.2) is 50.1 Å². The standard InChI is InChI=1S/C23H31N3O4/c1-14-8-9-17(19(27)11-14)20-15(2)12-18(24-25-20)21(28)16-7-6-10-26(13-16)22(29)30-23(3,4)5/h8-9,11-12,16,21,27-28H,6-7,10,13H2,1-5H3/t16-,21-/m0/s1. The lowest BCUT2D eigenvalue weighted by atomic mass is 9.90. The molecule has 2 atom stereocenters. The Morgan fingerprint density at radius 2 is 1.97 bits per heavy atom. The number of carbonyl (C=O) groups is 1. The number of phenols is 1. The molecule has 1 aromatic heterocycles. The number of aromatic nitrogens is 2. The van der Waals surface area contributed by atoms with Crippen LogP contribution in [0.4, 0.5) is 4.79 Å². The van der Waals surface area contributed by atoms with E-state index >= 15 is 0 Å². The number of hydrogen-bond donors (Lipinski definition) is 2. The van der Waals surface area contributed by atoms with E-state index in [1.165, 1.54) is 0 Å². The van der Waals surface area contributed by atoms with Crippen molar-refractivity contribution in [1.82, 2.24) is 15.1 Å². The number of benzene rings is 1. The Morgan fingerprint density at radius 1 is 1.23 bits per heavy atom. The smallest absolute Gasteiger partial charge is 0.410 e. The molecule has 0 unspecified atom stereocenters. The molecule has 162 valence electrons. The second-order valence-corrected chi connectivity index (χ2v) is 9.09. The normalized spacial score (nSPS) is 18.2. The molecule has 0 aliphatic carbocycles. The monoisotopic (exact) mass is 413 g/mol. The average molecular weight is 414 g/mol. The first-order chi connectivity index (χ1) is 14.0. The minimum Gasteiger partial charge on any atom is -0.507 e. The van der Waals surface area contributed by atoms with Crippen LogP contribution in [-0.2, 0) is 4.74 Å². The first-order valence-corrected chi connectivity index (χ1v) is 10.4. The molecule has 0 radical (unpaired) electrons. The van der Waals surface area contributed by atoms with Gasteiger partial charge in [0, 0.05) is 24.6 Å². The third-order valence-electron chi connectivity index (χ3n) is 5.27. The molecule has 0 bridgehead atoms. The number of aliphatic hydroxyl groups is 1. The summed E-state index contributed by atoms with van der Waals surface area (Å²) in [5.41, 5.74) is 2.89. The maximum atomic E-state index is 12.4. The third-order valence-corrected chi connectivity index (χ3v) is 5.27. The van der Waals surface area contributed by atoms with Crippen LogP contribution in [0.3, 0.4) is 0 Å². The number of likely N-dealkylation sites (tertiary alicyclic amines) is 1. The van der Waals surface area contributed by atoms with E-state index in [4.69, 9.17) is 4.74 Å². The molecule has 3 rings (SSSR count). The number of nitrogens with zero attached hydrogens (tertiary/aromatic N) is 3. The Hall–Kier alpha value is -2.67. The van der Waals surface area contributed by atoms with E-state index in [1.807, 2.05) is 46.8 Å². The summed E-state index contributed by atoms with van der Waals surface area (Å²) in [5, 5.41) is 29.7. The van der Waals surface area contributed by atoms with Crippen molar-refractivity contribution in [3.05, 3.63) is 41.1 Å². The Morgan fingerprint density at radius 3 is 2.60 bits per heavy atom. The van der Waals surface area contributed by atoms with Crippen LogP contribution in [0.1, 0.15) is 56.5 Å². The predicted molar refractivity (Wildman–Crippen MR) is 114 cm³/mol. The largest absolute Gasteiger partial charge is 0.507 e. The van der Waals surface area contributed by atoms with Crippen molar-refractivity contribution in [1.29, 1.82) is 0 Å². The van der Waals surface area contributed by atoms with Crippen molar-refractivity contribution in [2.45, 2.75) is 59.2 Å². The van der Waals surface area contributed by atoms with Crippen molar-refractivity contribution in [2.24, 2.45) is 5.92 Å². The van der Waals surface area contributed by atoms with Crippen LogP contribution in [0, 0.1) is 19.8 Å². The molecule has 2 aromatic rings. The number of ether oxygens (including phenoxy) is 1. The van der Waals surface area contributed by atoms with E-state index in [0.29, 0.717) is 30.0 Å². The lowest BCUT2D eigenvalue weighted by Crippen LogP contribution is -2.44. The second kappa shape index (κ2) is 8.60. The summed E-state index contributed by atoms with van der Waals surface area (Å²) >= 11 is 0. The van der Waals surface area contributed by atoms with Gasteiger partial charge in [-0.3, -0.25) is 0 Å². The van der Waals surface area contributed by atoms with Crippen molar-refractivity contribution in [3.8, 4) is 17.0 Å². The van der Waals surface area contributed by atoms with Crippen molar-refractivity contribution in [3.63, 3.8) is 0 Å². The number of aromatic hydroxyl groups is 1. The van der Waals surface area contributed by atoms with E-state index in [2.05, 4.69) is 10.2 Å². The van der Waals surface area contributed by atoms with Crippen LogP contribution < -0.4 is 0 Å².